The van der Waals surface area contributed by atoms with Crippen molar-refractivity contribution in [2.45, 2.75) is 6.92 Å². The highest BCUT2D eigenvalue weighted by atomic mass is 35.5. The Bertz CT molecular complexity index is 1520. The van der Waals surface area contributed by atoms with Crippen molar-refractivity contribution in [2.75, 3.05) is 27.1 Å². The van der Waals surface area contributed by atoms with E-state index in [1.165, 1.54) is 21.3 Å². The summed E-state index contributed by atoms with van der Waals surface area (Å²) in [5, 5.41) is -0.141. The van der Waals surface area contributed by atoms with Crippen LogP contribution in [0.2, 0.25) is 5.02 Å². The Morgan fingerprint density at radius 1 is 0.590 bits per heavy atom. The van der Waals surface area contributed by atoms with Gasteiger partial charge in [-0.2, -0.15) is 0 Å². The summed E-state index contributed by atoms with van der Waals surface area (Å²) in [6.45, 7) is 1.58. The van der Waals surface area contributed by atoms with E-state index in [0.29, 0.717) is 5.75 Å². The van der Waals surface area contributed by atoms with Crippen LogP contribution >= 0.6 is 11.6 Å². The van der Waals surface area contributed by atoms with Crippen molar-refractivity contribution in [3.8, 4) is 17.2 Å². The average molecular weight is 544 g/mol. The first-order chi connectivity index (χ1) is 18.8. The molecule has 4 aromatic rings. The molecule has 2 N–H and O–H groups in total. The molecule has 0 fully saturated rings. The van der Waals surface area contributed by atoms with E-state index in [4.69, 9.17) is 31.5 Å². The fourth-order valence-electron chi connectivity index (χ4n) is 4.48. The van der Waals surface area contributed by atoms with Crippen molar-refractivity contribution in [3.05, 3.63) is 117 Å². The van der Waals surface area contributed by atoms with Gasteiger partial charge in [0.1, 0.15) is 17.2 Å². The number of carbonyl (C=O) groups excluding carboxylic acids is 3. The number of hydrogen-bond donors (Lipinski definition) is 1. The second kappa shape index (κ2) is 11.4. The molecule has 4 rings (SSSR count). The number of hydrogen-bond acceptors (Lipinski definition) is 7. The molecule has 0 aliphatic heterocycles. The molecule has 4 aromatic carbocycles. The van der Waals surface area contributed by atoms with Gasteiger partial charge in [0.2, 0.25) is 0 Å². The maximum absolute atomic E-state index is 14.3. The SMILES string of the molecule is COc1ccccc1C(=O)c1c(C)c(N)c(Cl)c(C(=O)c2ccccc2OC)c1C(=O)c1ccccc1OC. The Hall–Kier alpha value is -4.62. The second-order valence-electron chi connectivity index (χ2n) is 8.57. The molecule has 0 atom stereocenters. The predicted octanol–water partition coefficient (Wildman–Crippen LogP) is 5.95. The lowest BCUT2D eigenvalue weighted by atomic mass is 9.83. The minimum atomic E-state index is -0.631. The molecule has 0 heterocycles. The van der Waals surface area contributed by atoms with Crippen molar-refractivity contribution in [3.63, 3.8) is 0 Å². The van der Waals surface area contributed by atoms with E-state index in [-0.39, 0.29) is 61.2 Å². The quantitative estimate of drug-likeness (QED) is 0.205. The number of nitrogen functional groups attached to an aromatic ring is 1. The van der Waals surface area contributed by atoms with Gasteiger partial charge in [-0.1, -0.05) is 48.0 Å². The van der Waals surface area contributed by atoms with Gasteiger partial charge in [-0.25, -0.2) is 0 Å². The molecular formula is C31H26ClNO6. The van der Waals surface area contributed by atoms with Crippen LogP contribution in [0.15, 0.2) is 72.8 Å². The van der Waals surface area contributed by atoms with Crippen LogP contribution in [0.25, 0.3) is 0 Å². The van der Waals surface area contributed by atoms with Crippen LogP contribution in [0.5, 0.6) is 17.2 Å². The van der Waals surface area contributed by atoms with Gasteiger partial charge in [0.25, 0.3) is 0 Å². The van der Waals surface area contributed by atoms with Gasteiger partial charge in [-0.15, -0.1) is 0 Å². The molecule has 0 bridgehead atoms. The number of methoxy groups -OCH3 is 3. The molecule has 8 heteroatoms. The number of benzene rings is 4. The zero-order chi connectivity index (χ0) is 28.3. The number of rotatable bonds is 9. The van der Waals surface area contributed by atoms with Crippen molar-refractivity contribution in [2.24, 2.45) is 0 Å². The predicted molar refractivity (Wildman–Crippen MR) is 150 cm³/mol. The smallest absolute Gasteiger partial charge is 0.199 e. The largest absolute Gasteiger partial charge is 0.496 e. The first-order valence-corrected chi connectivity index (χ1v) is 12.3. The molecule has 7 nitrogen and oxygen atoms in total. The Kier molecular flexibility index (Phi) is 8.02. The van der Waals surface area contributed by atoms with Crippen LogP contribution in [0.4, 0.5) is 5.69 Å². The third-order valence-corrected chi connectivity index (χ3v) is 6.86. The monoisotopic (exact) mass is 543 g/mol. The topological polar surface area (TPSA) is 105 Å². The van der Waals surface area contributed by atoms with Gasteiger partial charge >= 0.3 is 0 Å². The molecule has 0 saturated heterocycles. The molecule has 39 heavy (non-hydrogen) atoms. The van der Waals surface area contributed by atoms with Crippen LogP contribution in [-0.4, -0.2) is 38.7 Å². The van der Waals surface area contributed by atoms with Gasteiger partial charge < -0.3 is 19.9 Å². The van der Waals surface area contributed by atoms with E-state index >= 15 is 0 Å². The average Bonchev–Trinajstić information content (AvgIpc) is 2.98. The molecule has 0 aromatic heterocycles. The van der Waals surface area contributed by atoms with Crippen LogP contribution in [0.3, 0.4) is 0 Å². The number of ether oxygens (including phenoxy) is 3. The summed E-state index contributed by atoms with van der Waals surface area (Å²) < 4.78 is 16.2. The minimum Gasteiger partial charge on any atom is -0.496 e. The Balaban J connectivity index is 2.14. The summed E-state index contributed by atoms with van der Waals surface area (Å²) in [6, 6.07) is 19.6. The fourth-order valence-corrected chi connectivity index (χ4v) is 4.80. The van der Waals surface area contributed by atoms with Crippen molar-refractivity contribution < 1.29 is 28.6 Å². The van der Waals surface area contributed by atoms with Crippen LogP contribution in [0.1, 0.15) is 53.3 Å². The molecule has 0 saturated carbocycles. The summed E-state index contributed by atoms with van der Waals surface area (Å²) in [5.74, 6) is -0.986. The van der Waals surface area contributed by atoms with Gasteiger partial charge in [-0.3, -0.25) is 14.4 Å². The molecule has 0 radical (unpaired) electrons. The lowest BCUT2D eigenvalue weighted by molar-refractivity contribution is 0.0987. The van der Waals surface area contributed by atoms with E-state index in [2.05, 4.69) is 0 Å². The van der Waals surface area contributed by atoms with Crippen molar-refractivity contribution in [1.29, 1.82) is 0 Å². The van der Waals surface area contributed by atoms with Gasteiger partial charge in [0.15, 0.2) is 17.3 Å². The number of para-hydroxylation sites is 3. The van der Waals surface area contributed by atoms with Crippen LogP contribution in [-0.2, 0) is 0 Å². The van der Waals surface area contributed by atoms with E-state index < -0.39 is 17.3 Å². The molecule has 198 valence electrons. The number of anilines is 1. The zero-order valence-corrected chi connectivity index (χ0v) is 22.6. The summed E-state index contributed by atoms with van der Waals surface area (Å²) >= 11 is 6.72. The van der Waals surface area contributed by atoms with Crippen LogP contribution in [0, 0.1) is 6.92 Å². The van der Waals surface area contributed by atoms with Crippen molar-refractivity contribution >= 4 is 34.6 Å². The van der Waals surface area contributed by atoms with E-state index in [1.807, 2.05) is 0 Å². The Morgan fingerprint density at radius 2 is 0.923 bits per heavy atom. The molecule has 0 spiro atoms. The lowest BCUT2D eigenvalue weighted by Gasteiger charge is -2.21. The van der Waals surface area contributed by atoms with E-state index in [9.17, 15) is 14.4 Å². The third kappa shape index (κ3) is 4.84. The zero-order valence-electron chi connectivity index (χ0n) is 21.8. The van der Waals surface area contributed by atoms with Crippen molar-refractivity contribution in [1.82, 2.24) is 0 Å². The van der Waals surface area contributed by atoms with Crippen LogP contribution < -0.4 is 19.9 Å². The number of nitrogens with two attached hydrogens (primary N) is 1. The number of ketones is 3. The number of halogens is 1. The summed E-state index contributed by atoms with van der Waals surface area (Å²) in [5.41, 5.74) is 6.66. The second-order valence-corrected chi connectivity index (χ2v) is 8.94. The van der Waals surface area contributed by atoms with E-state index in [0.717, 1.165) is 0 Å². The molecular weight excluding hydrogens is 518 g/mol. The lowest BCUT2D eigenvalue weighted by Crippen LogP contribution is -2.21. The fraction of sp³-hybridized carbons (Fsp3) is 0.129. The highest BCUT2D eigenvalue weighted by Gasteiger charge is 2.34. The maximum atomic E-state index is 14.3. The van der Waals surface area contributed by atoms with Gasteiger partial charge in [-0.05, 0) is 48.9 Å². The highest BCUT2D eigenvalue weighted by Crippen LogP contribution is 2.40. The normalized spacial score (nSPS) is 10.6. The Labute approximate surface area is 231 Å². The van der Waals surface area contributed by atoms with E-state index in [1.54, 1.807) is 79.7 Å². The third-order valence-electron chi connectivity index (χ3n) is 6.47. The standard InChI is InChI=1S/C31H26ClNO6/c1-17-24(29(34)18-11-5-8-14-21(18)37-2)25(30(35)19-12-6-9-15-22(19)38-3)26(27(32)28(17)33)31(36)20-13-7-10-16-23(20)39-4/h5-16H,33H2,1-4H3. The maximum Gasteiger partial charge on any atom is 0.199 e. The molecule has 0 unspecified atom stereocenters. The summed E-state index contributed by atoms with van der Waals surface area (Å²) in [6.07, 6.45) is 0. The molecule has 0 amide bonds. The first kappa shape index (κ1) is 27.4. The minimum absolute atomic E-state index is 0.00439. The highest BCUT2D eigenvalue weighted by molar-refractivity contribution is 6.40. The van der Waals surface area contributed by atoms with Gasteiger partial charge in [0, 0.05) is 11.1 Å². The Morgan fingerprint density at radius 3 is 1.31 bits per heavy atom. The molecule has 0 aliphatic carbocycles. The first-order valence-electron chi connectivity index (χ1n) is 11.9. The van der Waals surface area contributed by atoms with Gasteiger partial charge in [0.05, 0.1) is 54.3 Å². The molecule has 0 aliphatic rings. The number of carbonyl (C=O) groups is 3. The summed E-state index contributed by atoms with van der Waals surface area (Å²) in [7, 11) is 4.29. The summed E-state index contributed by atoms with van der Waals surface area (Å²) in [4.78, 5) is 42.6.